The third-order valence-electron chi connectivity index (χ3n) is 9.80. The molecule has 0 fully saturated rings. The lowest BCUT2D eigenvalue weighted by atomic mass is 10.0. The minimum absolute atomic E-state index is 0.00209. The van der Waals surface area contributed by atoms with Crippen LogP contribution in [0.15, 0.2) is 40.2 Å². The van der Waals surface area contributed by atoms with E-state index in [2.05, 4.69) is 52.2 Å². The molecule has 21 nitrogen and oxygen atoms in total. The predicted molar refractivity (Wildman–Crippen MR) is 230 cm³/mol. The Morgan fingerprint density at radius 3 is 1.92 bits per heavy atom. The molecule has 0 saturated heterocycles. The van der Waals surface area contributed by atoms with Crippen molar-refractivity contribution >= 4 is 92.6 Å². The molecule has 0 aromatic carbocycles. The van der Waals surface area contributed by atoms with Gasteiger partial charge < -0.3 is 52.5 Å². The summed E-state index contributed by atoms with van der Waals surface area (Å²) < 4.78 is 2.93. The number of aromatic amines is 1. The van der Waals surface area contributed by atoms with Crippen LogP contribution in [0.4, 0.5) is 0 Å². The van der Waals surface area contributed by atoms with E-state index >= 15 is 0 Å². The number of H-pyrrole nitrogens is 1. The zero-order chi connectivity index (χ0) is 45.7. The van der Waals surface area contributed by atoms with E-state index in [1.165, 1.54) is 83.4 Å². The number of aliphatic imine (C=N–C) groups is 1. The Morgan fingerprint density at radius 1 is 0.855 bits per heavy atom. The lowest BCUT2D eigenvalue weighted by molar-refractivity contribution is -0.134. The fourth-order valence-corrected chi connectivity index (χ4v) is 8.40. The first-order chi connectivity index (χ1) is 29.3. The van der Waals surface area contributed by atoms with E-state index in [1.807, 2.05) is 22.2 Å². The van der Waals surface area contributed by atoms with E-state index in [1.54, 1.807) is 0 Å². The molecule has 9 amide bonds. The van der Waals surface area contributed by atoms with Crippen molar-refractivity contribution < 1.29 is 43.2 Å². The molecule has 23 heteroatoms. The van der Waals surface area contributed by atoms with Crippen LogP contribution in [-0.2, 0) is 56.1 Å². The van der Waals surface area contributed by atoms with Crippen molar-refractivity contribution in [1.29, 1.82) is 0 Å². The lowest BCUT2D eigenvalue weighted by Gasteiger charge is -2.24. The van der Waals surface area contributed by atoms with Crippen molar-refractivity contribution in [1.82, 2.24) is 51.8 Å². The van der Waals surface area contributed by atoms with Crippen molar-refractivity contribution in [2.45, 2.75) is 121 Å². The van der Waals surface area contributed by atoms with Crippen LogP contribution in [0.25, 0.3) is 10.1 Å². The van der Waals surface area contributed by atoms with Crippen LogP contribution in [0.1, 0.15) is 66.5 Å². The maximum Gasteiger partial charge on any atom is 0.244 e. The number of imidazole rings is 1. The van der Waals surface area contributed by atoms with Gasteiger partial charge in [-0.05, 0) is 58.9 Å². The van der Waals surface area contributed by atoms with Gasteiger partial charge in [0.2, 0.25) is 53.2 Å². The normalized spacial score (nSPS) is 25.2. The molecule has 62 heavy (non-hydrogen) atoms. The van der Waals surface area contributed by atoms with Gasteiger partial charge in [0.25, 0.3) is 0 Å². The summed E-state index contributed by atoms with van der Waals surface area (Å²) in [6.07, 6.45) is 7.43. The van der Waals surface area contributed by atoms with Crippen LogP contribution in [0.2, 0.25) is 0 Å². The zero-order valence-electron chi connectivity index (χ0n) is 35.2. The Balaban J connectivity index is 1.63. The van der Waals surface area contributed by atoms with Gasteiger partial charge in [-0.2, -0.15) is 0 Å². The van der Waals surface area contributed by atoms with Crippen molar-refractivity contribution in [2.75, 3.05) is 5.75 Å². The molecule has 0 bridgehead atoms. The molecule has 8 atom stereocenters. The minimum atomic E-state index is -1.25. The van der Waals surface area contributed by atoms with E-state index < -0.39 is 101 Å². The van der Waals surface area contributed by atoms with Crippen molar-refractivity contribution in [3.63, 3.8) is 0 Å². The second-order valence-electron chi connectivity index (χ2n) is 15.0. The summed E-state index contributed by atoms with van der Waals surface area (Å²) in [7, 11) is 0. The second-order valence-corrected chi connectivity index (χ2v) is 16.9. The summed E-state index contributed by atoms with van der Waals surface area (Å²) in [6, 6.07) is -6.24. The molecule has 4 heterocycles. The maximum absolute atomic E-state index is 13.9. The van der Waals surface area contributed by atoms with Crippen molar-refractivity contribution in [3.05, 3.63) is 35.9 Å². The van der Waals surface area contributed by atoms with Crippen molar-refractivity contribution in [2.24, 2.45) is 16.6 Å². The molecule has 3 aromatic heterocycles. The first kappa shape index (κ1) is 48.6. The molecule has 10 N–H and O–H groups in total. The van der Waals surface area contributed by atoms with Gasteiger partial charge in [-0.15, -0.1) is 23.1 Å². The lowest BCUT2D eigenvalue weighted by Crippen LogP contribution is -2.59. The Hall–Kier alpha value is -6.10. The fourth-order valence-electron chi connectivity index (χ4n) is 6.14. The van der Waals surface area contributed by atoms with Gasteiger partial charge in [-0.25, -0.2) is 9.98 Å². The van der Waals surface area contributed by atoms with Crippen LogP contribution < -0.4 is 43.0 Å². The number of aromatic nitrogens is 3. The number of rotatable bonds is 6. The van der Waals surface area contributed by atoms with Gasteiger partial charge >= 0.3 is 0 Å². The Bertz CT molecular complexity index is 2150. The first-order valence-electron chi connectivity index (χ1n) is 20.0. The molecular formula is C39H54N12O9S2. The topological polar surface area (TPSA) is 310 Å². The van der Waals surface area contributed by atoms with Crippen LogP contribution in [0.3, 0.4) is 0 Å². The van der Waals surface area contributed by atoms with E-state index in [-0.39, 0.29) is 18.6 Å². The fraction of sp³-hybridized carbons (Fsp3) is 0.513. The number of thiophene rings is 1. The van der Waals surface area contributed by atoms with E-state index in [9.17, 15) is 43.2 Å². The number of carbonyl (C=O) groups excluding carboxylic acids is 9. The number of carbonyl (C=O) groups is 9. The van der Waals surface area contributed by atoms with Gasteiger partial charge in [0.15, 0.2) is 0 Å². The number of nitrogens with zero attached hydrogens (tertiary/aromatic N) is 3. The average molecular weight is 899 g/mol. The van der Waals surface area contributed by atoms with Gasteiger partial charge in [0.1, 0.15) is 42.3 Å². The predicted octanol–water partition coefficient (Wildman–Crippen LogP) is -0.843. The number of thioether (sulfide) groups is 1. The first-order valence-corrected chi connectivity index (χ1v) is 21.8. The van der Waals surface area contributed by atoms with E-state index in [0.29, 0.717) is 25.1 Å². The Morgan fingerprint density at radius 2 is 1.40 bits per heavy atom. The summed E-state index contributed by atoms with van der Waals surface area (Å²) in [5.41, 5.74) is 6.19. The van der Waals surface area contributed by atoms with Gasteiger partial charge in [-0.1, -0.05) is 6.42 Å². The number of amides is 9. The monoisotopic (exact) mass is 898 g/mol. The highest BCUT2D eigenvalue weighted by atomic mass is 32.2. The smallest absolute Gasteiger partial charge is 0.244 e. The molecule has 0 aliphatic carbocycles. The second kappa shape index (κ2) is 22.7. The van der Waals surface area contributed by atoms with Gasteiger partial charge in [0.05, 0.1) is 22.0 Å². The highest BCUT2D eigenvalue weighted by Crippen LogP contribution is 2.35. The number of hydrogen-bond donors (Lipinski definition) is 9. The number of fused-ring (bicyclic) bond motifs is 3. The molecule has 336 valence electrons. The highest BCUT2D eigenvalue weighted by Gasteiger charge is 2.31. The molecule has 4 rings (SSSR count). The number of primary amides is 1. The molecule has 0 saturated carbocycles. The van der Waals surface area contributed by atoms with Crippen LogP contribution >= 0.6 is 23.1 Å². The third-order valence-corrected chi connectivity index (χ3v) is 12.1. The quantitative estimate of drug-likeness (QED) is 0.137. The third kappa shape index (κ3) is 14.0. The summed E-state index contributed by atoms with van der Waals surface area (Å²) >= 11 is 2.77. The van der Waals surface area contributed by atoms with E-state index in [0.717, 1.165) is 15.1 Å². The molecule has 3 aromatic rings. The van der Waals surface area contributed by atoms with Crippen LogP contribution in [-0.4, -0.2) is 122 Å². The Kier molecular flexibility index (Phi) is 17.7. The van der Waals surface area contributed by atoms with E-state index in [4.69, 9.17) is 5.73 Å². The number of nitrogens with two attached hydrogens (primary N) is 1. The standard InChI is InChI=1S/C39H54N12O9S2/c1-19-32(54)45-21(3)34(56)47-23(5)36(58)50-29(38(60)49-28(31(40)53)13-27-15-41-18-43-27)17-62-39-30-26(10-12-61-30)16-51(39)11-8-7-9-25(14-42-24(6)52)37(59)48-22(4)35(57)46-20(2)33(55)44-19/h10,12,14-16,18-23,25,28-29H,7-9,11,13,17H2,1-6H3,(H2,40,53)(H,41,43)(H,44,55)(H,45,54)(H,46,57)(H,47,56)(H,48,59)(H,49,60)(H,50,58)/t19-,20-,21-,22-,23-,25?,28-,29-/m0/s1. The molecular weight excluding hydrogens is 845 g/mol. The SMILES string of the molecule is CC(=O)N=CC1CCCCn2cc3ccsc3c2SC[C@@H](C(=O)N[C@@H](Cc2cnc[nH]2)C(N)=O)NC(=O)[C@H](C)NC(=O)[C@H](C)NC(=O)[C@H](C)NC(=O)[C@H](C)NC(=O)[C@H](C)NC1=O. The number of hydrogen-bond acceptors (Lipinski definition) is 12. The summed E-state index contributed by atoms with van der Waals surface area (Å²) in [5, 5.41) is 21.6. The van der Waals surface area contributed by atoms with Crippen LogP contribution in [0.5, 0.6) is 0 Å². The zero-order valence-corrected chi connectivity index (χ0v) is 36.9. The number of aryl methyl sites for hydroxylation is 1. The maximum atomic E-state index is 13.9. The van der Waals surface area contributed by atoms with Crippen LogP contribution in [0, 0.1) is 5.92 Å². The largest absolute Gasteiger partial charge is 0.368 e. The van der Waals surface area contributed by atoms with Gasteiger partial charge in [-0.3, -0.25) is 43.2 Å². The molecule has 1 aliphatic heterocycles. The summed E-state index contributed by atoms with van der Waals surface area (Å²) in [4.78, 5) is 128. The summed E-state index contributed by atoms with van der Waals surface area (Å²) in [5.74, 6) is -7.13. The van der Waals surface area contributed by atoms with Crippen molar-refractivity contribution in [3.8, 4) is 0 Å². The molecule has 1 unspecified atom stereocenters. The Labute approximate surface area is 365 Å². The molecule has 0 radical (unpaired) electrons. The summed E-state index contributed by atoms with van der Waals surface area (Å²) in [6.45, 7) is 8.68. The molecule has 0 spiro atoms. The highest BCUT2D eigenvalue weighted by molar-refractivity contribution is 7.99. The number of nitrogens with one attached hydrogen (secondary N) is 8. The van der Waals surface area contributed by atoms with Gasteiger partial charge in [0, 0.05) is 55.3 Å². The molecule has 1 aliphatic rings. The average Bonchev–Trinajstić information content (AvgIpc) is 3.97. The minimum Gasteiger partial charge on any atom is -0.368 e.